The van der Waals surface area contributed by atoms with Gasteiger partial charge < -0.3 is 15.4 Å². The Morgan fingerprint density at radius 2 is 1.90 bits per heavy atom. The average molecular weight is 429 g/mol. The number of imide groups is 1. The van der Waals surface area contributed by atoms with Crippen molar-refractivity contribution in [1.82, 2.24) is 10.2 Å². The van der Waals surface area contributed by atoms with Gasteiger partial charge in [0, 0.05) is 0 Å². The van der Waals surface area contributed by atoms with E-state index in [1.807, 2.05) is 6.07 Å². The molecule has 2 aromatic rings. The summed E-state index contributed by atoms with van der Waals surface area (Å²) in [5.74, 6) is -1.45. The van der Waals surface area contributed by atoms with Crippen LogP contribution in [0.25, 0.3) is 0 Å². The lowest BCUT2D eigenvalue weighted by atomic mass is 9.87. The van der Waals surface area contributed by atoms with Gasteiger partial charge in [-0.2, -0.15) is 0 Å². The third-order valence-electron chi connectivity index (χ3n) is 4.92. The number of nitrogens with one attached hydrogen (secondary N) is 2. The molecule has 30 heavy (non-hydrogen) atoms. The lowest BCUT2D eigenvalue weighted by molar-refractivity contribution is -0.134. The number of aryl methyl sites for hydroxylation is 1. The van der Waals surface area contributed by atoms with Crippen LogP contribution in [-0.4, -0.2) is 41.9 Å². The molecule has 3 rings (SSSR count). The summed E-state index contributed by atoms with van der Waals surface area (Å²) in [6.07, 6.45) is 0.354. The summed E-state index contributed by atoms with van der Waals surface area (Å²) in [5, 5.41) is 5.84. The molecular formula is C21H23N3O5S. The Morgan fingerprint density at radius 3 is 2.53 bits per heavy atom. The van der Waals surface area contributed by atoms with Gasteiger partial charge in [0.25, 0.3) is 5.91 Å². The summed E-state index contributed by atoms with van der Waals surface area (Å²) in [4.78, 5) is 51.3. The molecule has 2 N–H and O–H groups in total. The minimum atomic E-state index is -1.19. The molecule has 0 radical (unpaired) electrons. The molecule has 0 unspecified atom stereocenters. The molecule has 0 aliphatic carbocycles. The fourth-order valence-corrected chi connectivity index (χ4v) is 4.38. The number of amides is 4. The maximum atomic E-state index is 13.1. The molecule has 1 saturated heterocycles. The van der Waals surface area contributed by atoms with E-state index in [0.717, 1.165) is 16.2 Å². The number of hydrogen-bond donors (Lipinski definition) is 2. The Bertz CT molecular complexity index is 988. The van der Waals surface area contributed by atoms with Gasteiger partial charge in [0.1, 0.15) is 17.0 Å². The van der Waals surface area contributed by atoms with Crippen LogP contribution in [0.3, 0.4) is 0 Å². The third kappa shape index (κ3) is 3.93. The first-order valence-corrected chi connectivity index (χ1v) is 10.4. The highest BCUT2D eigenvalue weighted by Gasteiger charge is 2.51. The van der Waals surface area contributed by atoms with Crippen LogP contribution in [0.5, 0.6) is 0 Å². The molecule has 0 spiro atoms. The minimum Gasteiger partial charge on any atom is -0.462 e. The number of anilines is 1. The largest absolute Gasteiger partial charge is 0.462 e. The maximum absolute atomic E-state index is 13.1. The standard InChI is InChI=1S/C21H23N3O5S/c1-4-21(14-9-7-6-8-10-14)19(27)24(20(28)23-21)12-15(25)22-16-11-13(3)17(30-16)18(26)29-5-2/h6-11H,4-5,12H2,1-3H3,(H,22,25)(H,23,28)/t21-/m0/s1. The lowest BCUT2D eigenvalue weighted by Gasteiger charge is -2.25. The first-order valence-electron chi connectivity index (χ1n) is 9.59. The molecule has 1 aliphatic rings. The summed E-state index contributed by atoms with van der Waals surface area (Å²) in [5.41, 5.74) is 0.161. The van der Waals surface area contributed by atoms with E-state index < -0.39 is 35.9 Å². The molecule has 4 amide bonds. The number of rotatable bonds is 7. The van der Waals surface area contributed by atoms with Crippen molar-refractivity contribution in [3.05, 3.63) is 52.4 Å². The average Bonchev–Trinajstić information content (AvgIpc) is 3.21. The van der Waals surface area contributed by atoms with Gasteiger partial charge in [-0.25, -0.2) is 9.59 Å². The van der Waals surface area contributed by atoms with Crippen LogP contribution in [-0.2, 0) is 19.9 Å². The zero-order chi connectivity index (χ0) is 21.9. The SMILES string of the molecule is CCOC(=O)c1sc(NC(=O)CN2C(=O)N[C@@](CC)(c3ccccc3)C2=O)cc1C. The van der Waals surface area contributed by atoms with Crippen LogP contribution in [0.4, 0.5) is 9.80 Å². The maximum Gasteiger partial charge on any atom is 0.348 e. The van der Waals surface area contributed by atoms with E-state index in [-0.39, 0.29) is 6.61 Å². The van der Waals surface area contributed by atoms with Crippen molar-refractivity contribution in [3.8, 4) is 0 Å². The zero-order valence-electron chi connectivity index (χ0n) is 17.0. The number of urea groups is 1. The Kier molecular flexibility index (Phi) is 6.21. The molecule has 1 atom stereocenters. The number of carbonyl (C=O) groups is 4. The molecule has 9 heteroatoms. The quantitative estimate of drug-likeness (QED) is 0.520. The first kappa shape index (κ1) is 21.5. The van der Waals surface area contributed by atoms with Crippen molar-refractivity contribution in [2.24, 2.45) is 0 Å². The number of thiophene rings is 1. The molecular weight excluding hydrogens is 406 g/mol. The lowest BCUT2D eigenvalue weighted by Crippen LogP contribution is -2.44. The van der Waals surface area contributed by atoms with Crippen molar-refractivity contribution < 1.29 is 23.9 Å². The van der Waals surface area contributed by atoms with Crippen molar-refractivity contribution in [1.29, 1.82) is 0 Å². The van der Waals surface area contributed by atoms with Crippen molar-refractivity contribution in [2.45, 2.75) is 32.7 Å². The summed E-state index contributed by atoms with van der Waals surface area (Å²) in [7, 11) is 0. The van der Waals surface area contributed by atoms with E-state index in [4.69, 9.17) is 4.74 Å². The summed E-state index contributed by atoms with van der Waals surface area (Å²) < 4.78 is 4.99. The van der Waals surface area contributed by atoms with E-state index in [1.54, 1.807) is 51.1 Å². The Labute approximate surface area is 178 Å². The molecule has 1 aliphatic heterocycles. The van der Waals surface area contributed by atoms with Crippen molar-refractivity contribution in [3.63, 3.8) is 0 Å². The molecule has 8 nitrogen and oxygen atoms in total. The molecule has 1 aromatic heterocycles. The fourth-order valence-electron chi connectivity index (χ4n) is 3.40. The molecule has 0 bridgehead atoms. The van der Waals surface area contributed by atoms with Gasteiger partial charge in [-0.1, -0.05) is 37.3 Å². The molecule has 0 saturated carbocycles. The molecule has 1 aromatic carbocycles. The van der Waals surface area contributed by atoms with Gasteiger partial charge in [0.05, 0.1) is 11.6 Å². The molecule has 158 valence electrons. The smallest absolute Gasteiger partial charge is 0.348 e. The van der Waals surface area contributed by atoms with Crippen LogP contribution in [0.1, 0.15) is 41.1 Å². The van der Waals surface area contributed by atoms with Crippen molar-refractivity contribution >= 4 is 40.2 Å². The van der Waals surface area contributed by atoms with Gasteiger partial charge in [-0.05, 0) is 37.5 Å². The summed E-state index contributed by atoms with van der Waals surface area (Å²) >= 11 is 1.09. The van der Waals surface area contributed by atoms with Crippen LogP contribution >= 0.6 is 11.3 Å². The van der Waals surface area contributed by atoms with E-state index in [9.17, 15) is 19.2 Å². The number of carbonyl (C=O) groups excluding carboxylic acids is 4. The predicted molar refractivity (Wildman–Crippen MR) is 112 cm³/mol. The van der Waals surface area contributed by atoms with Gasteiger partial charge >= 0.3 is 12.0 Å². The minimum absolute atomic E-state index is 0.255. The number of esters is 1. The Balaban J connectivity index is 1.73. The van der Waals surface area contributed by atoms with Crippen LogP contribution in [0, 0.1) is 6.92 Å². The second kappa shape index (κ2) is 8.66. The van der Waals surface area contributed by atoms with Crippen LogP contribution in [0.2, 0.25) is 0 Å². The van der Waals surface area contributed by atoms with E-state index in [1.165, 1.54) is 0 Å². The summed E-state index contributed by atoms with van der Waals surface area (Å²) in [6.45, 7) is 5.09. The zero-order valence-corrected chi connectivity index (χ0v) is 17.8. The first-order chi connectivity index (χ1) is 14.3. The molecule has 1 fully saturated rings. The topological polar surface area (TPSA) is 105 Å². The normalized spacial score (nSPS) is 18.3. The molecule has 2 heterocycles. The van der Waals surface area contributed by atoms with Crippen LogP contribution < -0.4 is 10.6 Å². The second-order valence-corrected chi connectivity index (χ2v) is 7.89. The highest BCUT2D eigenvalue weighted by Crippen LogP contribution is 2.32. The van der Waals surface area contributed by atoms with E-state index in [2.05, 4.69) is 10.6 Å². The van der Waals surface area contributed by atoms with Gasteiger partial charge in [0.15, 0.2) is 0 Å². The Morgan fingerprint density at radius 1 is 1.20 bits per heavy atom. The second-order valence-electron chi connectivity index (χ2n) is 6.84. The van der Waals surface area contributed by atoms with E-state index in [0.29, 0.717) is 27.4 Å². The highest BCUT2D eigenvalue weighted by atomic mass is 32.1. The van der Waals surface area contributed by atoms with Gasteiger partial charge in [0.2, 0.25) is 5.91 Å². The highest BCUT2D eigenvalue weighted by molar-refractivity contribution is 7.18. The third-order valence-corrected chi connectivity index (χ3v) is 6.05. The van der Waals surface area contributed by atoms with E-state index >= 15 is 0 Å². The number of nitrogens with zero attached hydrogens (tertiary/aromatic N) is 1. The van der Waals surface area contributed by atoms with Gasteiger partial charge in [-0.3, -0.25) is 14.5 Å². The summed E-state index contributed by atoms with van der Waals surface area (Å²) in [6, 6.07) is 10.0. The van der Waals surface area contributed by atoms with Gasteiger partial charge in [-0.15, -0.1) is 11.3 Å². The Hall–Kier alpha value is -3.20. The van der Waals surface area contributed by atoms with Crippen molar-refractivity contribution in [2.75, 3.05) is 18.5 Å². The number of ether oxygens (including phenoxy) is 1. The number of hydrogen-bond acceptors (Lipinski definition) is 6. The fraction of sp³-hybridized carbons (Fsp3) is 0.333. The van der Waals surface area contributed by atoms with Crippen LogP contribution in [0.15, 0.2) is 36.4 Å². The predicted octanol–water partition coefficient (Wildman–Crippen LogP) is 3.03. The number of benzene rings is 1. The monoisotopic (exact) mass is 429 g/mol.